The molecule has 1 aliphatic rings. The van der Waals surface area contributed by atoms with Gasteiger partial charge in [-0.15, -0.1) is 0 Å². The van der Waals surface area contributed by atoms with E-state index in [-0.39, 0.29) is 5.56 Å². The number of carbonyl (C=O) groups is 1. The number of fused-ring (bicyclic) bond motifs is 3. The minimum Gasteiger partial charge on any atom is -0.366 e. The van der Waals surface area contributed by atoms with Crippen LogP contribution in [0.5, 0.6) is 0 Å². The summed E-state index contributed by atoms with van der Waals surface area (Å²) < 4.78 is 0. The van der Waals surface area contributed by atoms with Gasteiger partial charge in [0.2, 0.25) is 5.91 Å². The highest BCUT2D eigenvalue weighted by atomic mass is 32.2. The first-order chi connectivity index (χ1) is 8.66. The first-order valence-electron chi connectivity index (χ1n) is 5.72. The van der Waals surface area contributed by atoms with E-state index < -0.39 is 5.91 Å². The molecule has 18 heavy (non-hydrogen) atoms. The number of H-pyrrole nitrogens is 1. The lowest BCUT2D eigenvalue weighted by atomic mass is 9.99. The van der Waals surface area contributed by atoms with Gasteiger partial charge in [0.25, 0.3) is 5.56 Å². The number of thioether (sulfide) groups is 1. The van der Waals surface area contributed by atoms with E-state index in [1.54, 1.807) is 30.0 Å². The molecular formula is C13H12N2O2S. The number of nitrogens with two attached hydrogens (primary N) is 1. The lowest BCUT2D eigenvalue weighted by Crippen LogP contribution is -2.19. The Labute approximate surface area is 108 Å². The van der Waals surface area contributed by atoms with Gasteiger partial charge in [-0.3, -0.25) is 9.59 Å². The van der Waals surface area contributed by atoms with E-state index in [0.29, 0.717) is 5.56 Å². The Morgan fingerprint density at radius 1 is 1.33 bits per heavy atom. The third-order valence-corrected chi connectivity index (χ3v) is 4.24. The lowest BCUT2D eigenvalue weighted by molar-refractivity contribution is 0.100. The highest BCUT2D eigenvalue weighted by Crippen LogP contribution is 2.27. The minimum absolute atomic E-state index is 0.0171. The van der Waals surface area contributed by atoms with Crippen molar-refractivity contribution in [3.63, 3.8) is 0 Å². The number of benzene rings is 1. The molecule has 1 aliphatic heterocycles. The number of hydrogen-bond donors (Lipinski definition) is 2. The van der Waals surface area contributed by atoms with Crippen molar-refractivity contribution in [1.29, 1.82) is 0 Å². The molecule has 3 N–H and O–H groups in total. The molecule has 0 spiro atoms. The van der Waals surface area contributed by atoms with Crippen LogP contribution < -0.4 is 11.3 Å². The minimum atomic E-state index is -0.443. The SMILES string of the molecule is NC(=O)c1ccc2[nH]c(=O)c3c(c2c1)CCSC3. The molecule has 0 unspecified atom stereocenters. The van der Waals surface area contributed by atoms with Gasteiger partial charge in [0, 0.05) is 27.8 Å². The van der Waals surface area contributed by atoms with E-state index in [1.165, 1.54) is 0 Å². The molecule has 5 heteroatoms. The van der Waals surface area contributed by atoms with Crippen LogP contribution in [0.15, 0.2) is 23.0 Å². The first kappa shape index (κ1) is 11.3. The number of aromatic nitrogens is 1. The summed E-state index contributed by atoms with van der Waals surface area (Å²) in [7, 11) is 0. The number of aryl methyl sites for hydroxylation is 1. The van der Waals surface area contributed by atoms with Crippen LogP contribution in [0.25, 0.3) is 10.9 Å². The molecule has 0 saturated heterocycles. The van der Waals surface area contributed by atoms with Crippen LogP contribution in [-0.2, 0) is 12.2 Å². The highest BCUT2D eigenvalue weighted by Gasteiger charge is 2.17. The molecule has 0 aliphatic carbocycles. The third-order valence-electron chi connectivity index (χ3n) is 3.26. The standard InChI is InChI=1S/C13H12N2O2S/c14-12(16)7-1-2-11-9(5-7)8-3-4-18-6-10(8)13(17)15-11/h1-2,5H,3-4,6H2,(H2,14,16)(H,15,17). The summed E-state index contributed by atoms with van der Waals surface area (Å²) >= 11 is 1.76. The molecule has 0 saturated carbocycles. The number of primary amides is 1. The molecule has 0 atom stereocenters. The van der Waals surface area contributed by atoms with Gasteiger partial charge in [0.05, 0.1) is 0 Å². The van der Waals surface area contributed by atoms with Crippen molar-refractivity contribution in [2.75, 3.05) is 5.75 Å². The summed E-state index contributed by atoms with van der Waals surface area (Å²) in [5.74, 6) is 1.30. The van der Waals surface area contributed by atoms with Gasteiger partial charge < -0.3 is 10.7 Å². The Morgan fingerprint density at radius 2 is 2.17 bits per heavy atom. The molecule has 0 bridgehead atoms. The Balaban J connectivity index is 2.36. The number of rotatable bonds is 1. The maximum absolute atomic E-state index is 11.9. The Morgan fingerprint density at radius 3 is 2.94 bits per heavy atom. The summed E-state index contributed by atoms with van der Waals surface area (Å²) in [6.45, 7) is 0. The molecular weight excluding hydrogens is 248 g/mol. The van der Waals surface area contributed by atoms with Crippen molar-refractivity contribution in [3.05, 3.63) is 45.2 Å². The van der Waals surface area contributed by atoms with E-state index >= 15 is 0 Å². The second-order valence-corrected chi connectivity index (χ2v) is 5.44. The van der Waals surface area contributed by atoms with Gasteiger partial charge in [0.1, 0.15) is 0 Å². The summed E-state index contributed by atoms with van der Waals surface area (Å²) in [4.78, 5) is 26.0. The molecule has 0 fully saturated rings. The molecule has 92 valence electrons. The van der Waals surface area contributed by atoms with Crippen molar-refractivity contribution < 1.29 is 4.79 Å². The topological polar surface area (TPSA) is 76.0 Å². The van der Waals surface area contributed by atoms with Crippen LogP contribution in [0, 0.1) is 0 Å². The fraction of sp³-hybridized carbons (Fsp3) is 0.231. The number of carbonyl (C=O) groups excluding carboxylic acids is 1. The predicted octanol–water partition coefficient (Wildman–Crippen LogP) is 1.42. The predicted molar refractivity (Wildman–Crippen MR) is 73.0 cm³/mol. The van der Waals surface area contributed by atoms with Gasteiger partial charge in [0.15, 0.2) is 0 Å². The zero-order valence-electron chi connectivity index (χ0n) is 9.66. The summed E-state index contributed by atoms with van der Waals surface area (Å²) in [5, 5.41) is 0.946. The maximum atomic E-state index is 11.9. The quantitative estimate of drug-likeness (QED) is 0.814. The fourth-order valence-electron chi connectivity index (χ4n) is 2.34. The lowest BCUT2D eigenvalue weighted by Gasteiger charge is -2.17. The van der Waals surface area contributed by atoms with Crippen molar-refractivity contribution >= 4 is 28.6 Å². The van der Waals surface area contributed by atoms with Gasteiger partial charge in [-0.2, -0.15) is 11.8 Å². The molecule has 1 aromatic carbocycles. The summed E-state index contributed by atoms with van der Waals surface area (Å²) in [6.07, 6.45) is 0.864. The number of amides is 1. The van der Waals surface area contributed by atoms with Crippen LogP contribution in [-0.4, -0.2) is 16.6 Å². The Hall–Kier alpha value is -1.75. The van der Waals surface area contributed by atoms with E-state index in [2.05, 4.69) is 4.98 Å². The average molecular weight is 260 g/mol. The van der Waals surface area contributed by atoms with E-state index in [0.717, 1.165) is 40.0 Å². The van der Waals surface area contributed by atoms with Crippen molar-refractivity contribution in [2.45, 2.75) is 12.2 Å². The number of hydrogen-bond acceptors (Lipinski definition) is 3. The van der Waals surface area contributed by atoms with Crippen molar-refractivity contribution in [3.8, 4) is 0 Å². The van der Waals surface area contributed by atoms with E-state index in [1.807, 2.05) is 0 Å². The van der Waals surface area contributed by atoms with E-state index in [4.69, 9.17) is 5.73 Å². The zero-order chi connectivity index (χ0) is 12.7. The van der Waals surface area contributed by atoms with Gasteiger partial charge in [-0.05, 0) is 35.9 Å². The maximum Gasteiger partial charge on any atom is 0.252 e. The second kappa shape index (κ2) is 4.17. The van der Waals surface area contributed by atoms with E-state index in [9.17, 15) is 9.59 Å². The largest absolute Gasteiger partial charge is 0.366 e. The molecule has 1 amide bonds. The van der Waals surface area contributed by atoms with Crippen molar-refractivity contribution in [1.82, 2.24) is 4.98 Å². The molecule has 2 heterocycles. The van der Waals surface area contributed by atoms with Crippen LogP contribution in [0.3, 0.4) is 0 Å². The second-order valence-electron chi connectivity index (χ2n) is 4.34. The molecule has 0 radical (unpaired) electrons. The van der Waals surface area contributed by atoms with Crippen molar-refractivity contribution in [2.24, 2.45) is 5.73 Å². The fourth-order valence-corrected chi connectivity index (χ4v) is 3.34. The number of pyridine rings is 1. The van der Waals surface area contributed by atoms with Gasteiger partial charge in [-0.1, -0.05) is 0 Å². The first-order valence-corrected chi connectivity index (χ1v) is 6.87. The van der Waals surface area contributed by atoms with Crippen LogP contribution >= 0.6 is 11.8 Å². The monoisotopic (exact) mass is 260 g/mol. The normalized spacial score (nSPS) is 14.4. The Bertz CT molecular complexity index is 706. The average Bonchev–Trinajstić information content (AvgIpc) is 2.38. The Kier molecular flexibility index (Phi) is 2.63. The highest BCUT2D eigenvalue weighted by molar-refractivity contribution is 7.98. The van der Waals surface area contributed by atoms with Gasteiger partial charge >= 0.3 is 0 Å². The molecule has 1 aromatic heterocycles. The summed E-state index contributed by atoms with van der Waals surface area (Å²) in [5.41, 5.74) is 8.43. The zero-order valence-corrected chi connectivity index (χ0v) is 10.5. The van der Waals surface area contributed by atoms with Crippen LogP contribution in [0.1, 0.15) is 21.5 Å². The smallest absolute Gasteiger partial charge is 0.252 e. The van der Waals surface area contributed by atoms with Crippen LogP contribution in [0.4, 0.5) is 0 Å². The van der Waals surface area contributed by atoms with Gasteiger partial charge in [-0.25, -0.2) is 0 Å². The molecule has 3 rings (SSSR count). The molecule has 4 nitrogen and oxygen atoms in total. The summed E-state index contributed by atoms with van der Waals surface area (Å²) in [6, 6.07) is 5.17. The molecule has 2 aromatic rings. The third kappa shape index (κ3) is 1.71. The number of aromatic amines is 1. The number of nitrogens with one attached hydrogen (secondary N) is 1. The van der Waals surface area contributed by atoms with Crippen LogP contribution in [0.2, 0.25) is 0 Å².